The van der Waals surface area contributed by atoms with Gasteiger partial charge in [0.05, 0.1) is 24.9 Å². The van der Waals surface area contributed by atoms with Crippen molar-refractivity contribution in [3.8, 4) is 0 Å². The van der Waals surface area contributed by atoms with E-state index in [1.165, 1.54) is 0 Å². The SMILES string of the molecule is CC1CN(C(N)=NCc2ccn(C)n2)CCO1.I. The minimum absolute atomic E-state index is 0. The molecule has 102 valence electrons. The topological polar surface area (TPSA) is 68.7 Å². The number of nitrogens with two attached hydrogens (primary N) is 1. The van der Waals surface area contributed by atoms with Crippen molar-refractivity contribution in [1.29, 1.82) is 0 Å². The van der Waals surface area contributed by atoms with Crippen molar-refractivity contribution in [2.45, 2.75) is 19.6 Å². The number of aliphatic imine (C=N–C) groups is 1. The van der Waals surface area contributed by atoms with Crippen molar-refractivity contribution < 1.29 is 4.74 Å². The van der Waals surface area contributed by atoms with Crippen LogP contribution in [-0.2, 0) is 18.3 Å². The van der Waals surface area contributed by atoms with E-state index in [4.69, 9.17) is 10.5 Å². The molecular weight excluding hydrogens is 345 g/mol. The van der Waals surface area contributed by atoms with Crippen LogP contribution in [0.1, 0.15) is 12.6 Å². The summed E-state index contributed by atoms with van der Waals surface area (Å²) in [6.07, 6.45) is 2.12. The van der Waals surface area contributed by atoms with Crippen LogP contribution < -0.4 is 5.73 Å². The lowest BCUT2D eigenvalue weighted by Crippen LogP contribution is -2.47. The molecule has 1 aliphatic rings. The summed E-state index contributed by atoms with van der Waals surface area (Å²) in [4.78, 5) is 6.41. The van der Waals surface area contributed by atoms with Gasteiger partial charge in [0, 0.05) is 26.3 Å². The molecule has 2 rings (SSSR count). The van der Waals surface area contributed by atoms with Gasteiger partial charge in [-0.2, -0.15) is 5.10 Å². The zero-order valence-corrected chi connectivity index (χ0v) is 13.1. The van der Waals surface area contributed by atoms with Gasteiger partial charge in [-0.25, -0.2) is 4.99 Å². The summed E-state index contributed by atoms with van der Waals surface area (Å²) < 4.78 is 7.22. The van der Waals surface area contributed by atoms with Gasteiger partial charge < -0.3 is 15.4 Å². The lowest BCUT2D eigenvalue weighted by molar-refractivity contribution is 0.00528. The molecule has 0 amide bonds. The maximum Gasteiger partial charge on any atom is 0.191 e. The van der Waals surface area contributed by atoms with Crippen molar-refractivity contribution in [1.82, 2.24) is 14.7 Å². The number of hydrogen-bond acceptors (Lipinski definition) is 3. The molecule has 7 heteroatoms. The Labute approximate surface area is 124 Å². The molecule has 1 aromatic heterocycles. The number of hydrogen-bond donors (Lipinski definition) is 1. The zero-order valence-electron chi connectivity index (χ0n) is 10.7. The highest BCUT2D eigenvalue weighted by Crippen LogP contribution is 2.04. The number of aryl methyl sites for hydroxylation is 1. The van der Waals surface area contributed by atoms with E-state index in [2.05, 4.69) is 15.0 Å². The molecule has 6 nitrogen and oxygen atoms in total. The number of nitrogens with zero attached hydrogens (tertiary/aromatic N) is 4. The molecule has 1 fully saturated rings. The molecule has 1 unspecified atom stereocenters. The number of ether oxygens (including phenoxy) is 1. The largest absolute Gasteiger partial charge is 0.375 e. The predicted octanol–water partition coefficient (Wildman–Crippen LogP) is 0.573. The summed E-state index contributed by atoms with van der Waals surface area (Å²) in [6.45, 7) is 4.89. The normalized spacial score (nSPS) is 20.7. The van der Waals surface area contributed by atoms with E-state index in [9.17, 15) is 0 Å². The third kappa shape index (κ3) is 4.13. The standard InChI is InChI=1S/C11H19N5O.HI/c1-9-8-16(5-6-17-9)11(12)13-7-10-3-4-15(2)14-10;/h3-4,9H,5-8H2,1-2H3,(H2,12,13);1H. The third-order valence-electron chi connectivity index (χ3n) is 2.74. The van der Waals surface area contributed by atoms with Gasteiger partial charge >= 0.3 is 0 Å². The van der Waals surface area contributed by atoms with Crippen LogP contribution in [0.15, 0.2) is 17.3 Å². The van der Waals surface area contributed by atoms with Crippen LogP contribution in [0.3, 0.4) is 0 Å². The minimum atomic E-state index is 0. The van der Waals surface area contributed by atoms with Crippen LogP contribution in [0, 0.1) is 0 Å². The summed E-state index contributed by atoms with van der Waals surface area (Å²) in [6, 6.07) is 1.94. The Balaban J connectivity index is 0.00000162. The molecular formula is C11H20IN5O. The quantitative estimate of drug-likeness (QED) is 0.473. The van der Waals surface area contributed by atoms with Crippen molar-refractivity contribution in [3.05, 3.63) is 18.0 Å². The van der Waals surface area contributed by atoms with Gasteiger partial charge in [-0.1, -0.05) is 0 Å². The average Bonchev–Trinajstić information content (AvgIpc) is 2.72. The van der Waals surface area contributed by atoms with Crippen LogP contribution in [0.4, 0.5) is 0 Å². The molecule has 2 heterocycles. The van der Waals surface area contributed by atoms with Crippen molar-refractivity contribution in [3.63, 3.8) is 0 Å². The lowest BCUT2D eigenvalue weighted by atomic mass is 10.3. The maximum absolute atomic E-state index is 5.95. The second-order valence-electron chi connectivity index (χ2n) is 4.28. The third-order valence-corrected chi connectivity index (χ3v) is 2.74. The smallest absolute Gasteiger partial charge is 0.191 e. The van der Waals surface area contributed by atoms with E-state index in [1.54, 1.807) is 4.68 Å². The van der Waals surface area contributed by atoms with E-state index < -0.39 is 0 Å². The highest BCUT2D eigenvalue weighted by Gasteiger charge is 2.17. The summed E-state index contributed by atoms with van der Waals surface area (Å²) in [7, 11) is 1.89. The number of rotatable bonds is 2. The van der Waals surface area contributed by atoms with Crippen LogP contribution in [-0.4, -0.2) is 46.4 Å². The first-order valence-electron chi connectivity index (χ1n) is 5.80. The second-order valence-corrected chi connectivity index (χ2v) is 4.28. The van der Waals surface area contributed by atoms with Gasteiger partial charge in [0.1, 0.15) is 0 Å². The summed E-state index contributed by atoms with van der Waals surface area (Å²) in [5.41, 5.74) is 6.88. The maximum atomic E-state index is 5.95. The molecule has 1 atom stereocenters. The molecule has 1 aromatic rings. The van der Waals surface area contributed by atoms with Crippen LogP contribution in [0.5, 0.6) is 0 Å². The van der Waals surface area contributed by atoms with Gasteiger partial charge in [0.15, 0.2) is 5.96 Å². The fourth-order valence-electron chi connectivity index (χ4n) is 1.84. The monoisotopic (exact) mass is 365 g/mol. The molecule has 0 bridgehead atoms. The fourth-order valence-corrected chi connectivity index (χ4v) is 1.84. The molecule has 0 aliphatic carbocycles. The van der Waals surface area contributed by atoms with Crippen LogP contribution >= 0.6 is 24.0 Å². The Morgan fingerprint density at radius 3 is 3.06 bits per heavy atom. The number of morpholine rings is 1. The first-order chi connectivity index (χ1) is 8.15. The Morgan fingerprint density at radius 1 is 1.67 bits per heavy atom. The molecule has 0 saturated carbocycles. The average molecular weight is 365 g/mol. The molecule has 18 heavy (non-hydrogen) atoms. The van der Waals surface area contributed by atoms with Gasteiger partial charge in [-0.15, -0.1) is 24.0 Å². The van der Waals surface area contributed by atoms with Crippen molar-refractivity contribution in [2.24, 2.45) is 17.8 Å². The molecule has 2 N–H and O–H groups in total. The first-order valence-corrected chi connectivity index (χ1v) is 5.80. The summed E-state index contributed by atoms with van der Waals surface area (Å²) in [5.74, 6) is 0.575. The van der Waals surface area contributed by atoms with Gasteiger partial charge in [0.2, 0.25) is 0 Å². The second kappa shape index (κ2) is 6.93. The van der Waals surface area contributed by atoms with E-state index in [0.717, 1.165) is 18.8 Å². The van der Waals surface area contributed by atoms with Crippen molar-refractivity contribution in [2.75, 3.05) is 19.7 Å². The van der Waals surface area contributed by atoms with Crippen molar-refractivity contribution >= 4 is 29.9 Å². The molecule has 1 aliphatic heterocycles. The van der Waals surface area contributed by atoms with Gasteiger partial charge in [-0.3, -0.25) is 4.68 Å². The lowest BCUT2D eigenvalue weighted by Gasteiger charge is -2.31. The Hall–Kier alpha value is -0.830. The van der Waals surface area contributed by atoms with E-state index in [0.29, 0.717) is 19.1 Å². The van der Waals surface area contributed by atoms with Crippen LogP contribution in [0.2, 0.25) is 0 Å². The van der Waals surface area contributed by atoms with Gasteiger partial charge in [-0.05, 0) is 13.0 Å². The highest BCUT2D eigenvalue weighted by molar-refractivity contribution is 14.0. The molecule has 1 saturated heterocycles. The van der Waals surface area contributed by atoms with E-state index >= 15 is 0 Å². The minimum Gasteiger partial charge on any atom is -0.375 e. The predicted molar refractivity (Wildman–Crippen MR) is 80.9 cm³/mol. The highest BCUT2D eigenvalue weighted by atomic mass is 127. The fraction of sp³-hybridized carbons (Fsp3) is 0.636. The molecule has 0 aromatic carbocycles. The molecule has 0 radical (unpaired) electrons. The number of halogens is 1. The zero-order chi connectivity index (χ0) is 12.3. The Bertz CT molecular complexity index is 406. The number of guanidine groups is 1. The summed E-state index contributed by atoms with van der Waals surface area (Å²) >= 11 is 0. The number of aromatic nitrogens is 2. The van der Waals surface area contributed by atoms with E-state index in [-0.39, 0.29) is 30.1 Å². The van der Waals surface area contributed by atoms with E-state index in [1.807, 2.05) is 26.2 Å². The summed E-state index contributed by atoms with van der Waals surface area (Å²) in [5, 5.41) is 4.25. The first kappa shape index (κ1) is 15.2. The Kier molecular flexibility index (Phi) is 5.86. The molecule has 0 spiro atoms. The van der Waals surface area contributed by atoms with Crippen LogP contribution in [0.25, 0.3) is 0 Å². The Morgan fingerprint density at radius 2 is 2.44 bits per heavy atom. The van der Waals surface area contributed by atoms with Gasteiger partial charge in [0.25, 0.3) is 0 Å².